The van der Waals surface area contributed by atoms with Gasteiger partial charge in [-0.1, -0.05) is 23.7 Å². The predicted octanol–water partition coefficient (Wildman–Crippen LogP) is 2.83. The molecule has 1 aliphatic rings. The molecular weight excluding hydrogens is 192 g/mol. The van der Waals surface area contributed by atoms with Crippen molar-refractivity contribution in [2.45, 2.75) is 10.1 Å². The van der Waals surface area contributed by atoms with Gasteiger partial charge in [-0.05, 0) is 12.1 Å². The summed E-state index contributed by atoms with van der Waals surface area (Å²) in [7, 11) is 0. The molecular formula is C9H9ClOS. The van der Waals surface area contributed by atoms with E-state index in [1.54, 1.807) is 11.8 Å². The summed E-state index contributed by atoms with van der Waals surface area (Å²) in [6.07, 6.45) is 0. The monoisotopic (exact) mass is 200 g/mol. The maximum Gasteiger partial charge on any atom is 0.0611 e. The Morgan fingerprint density at radius 2 is 2.08 bits per heavy atom. The quantitative estimate of drug-likeness (QED) is 0.726. The highest BCUT2D eigenvalue weighted by atomic mass is 35.5. The van der Waals surface area contributed by atoms with Crippen molar-refractivity contribution in [1.29, 1.82) is 0 Å². The van der Waals surface area contributed by atoms with E-state index in [2.05, 4.69) is 0 Å². The van der Waals surface area contributed by atoms with Gasteiger partial charge in [0.1, 0.15) is 0 Å². The van der Waals surface area contributed by atoms with Crippen LogP contribution in [0.4, 0.5) is 0 Å². The van der Waals surface area contributed by atoms with Crippen molar-refractivity contribution in [3.63, 3.8) is 0 Å². The van der Waals surface area contributed by atoms with Crippen molar-refractivity contribution < 1.29 is 4.74 Å². The number of halogens is 1. The van der Waals surface area contributed by atoms with E-state index in [-0.39, 0.29) is 0 Å². The Bertz CT molecular complexity index is 273. The molecule has 12 heavy (non-hydrogen) atoms. The first-order valence-electron chi connectivity index (χ1n) is 3.85. The molecule has 0 amide bonds. The Labute approximate surface area is 81.1 Å². The number of ether oxygens (including phenoxy) is 1. The Morgan fingerprint density at radius 1 is 1.33 bits per heavy atom. The molecule has 0 radical (unpaired) electrons. The van der Waals surface area contributed by atoms with Crippen LogP contribution < -0.4 is 0 Å². The second kappa shape index (κ2) is 3.69. The van der Waals surface area contributed by atoms with Crippen LogP contribution in [0.2, 0.25) is 5.02 Å². The first-order valence-corrected chi connectivity index (χ1v) is 5.11. The van der Waals surface area contributed by atoms with Gasteiger partial charge in [-0.2, -0.15) is 0 Å². The summed E-state index contributed by atoms with van der Waals surface area (Å²) in [6.45, 7) is 1.71. The molecule has 0 N–H and O–H groups in total. The third kappa shape index (κ3) is 1.76. The van der Waals surface area contributed by atoms with Gasteiger partial charge in [-0.25, -0.2) is 0 Å². The zero-order valence-electron chi connectivity index (χ0n) is 6.50. The number of thioether (sulfide) groups is 1. The molecule has 0 unspecified atom stereocenters. The van der Waals surface area contributed by atoms with E-state index in [1.807, 2.05) is 24.3 Å². The summed E-state index contributed by atoms with van der Waals surface area (Å²) >= 11 is 7.79. The highest BCUT2D eigenvalue weighted by molar-refractivity contribution is 8.00. The van der Waals surface area contributed by atoms with Gasteiger partial charge in [0.2, 0.25) is 0 Å². The van der Waals surface area contributed by atoms with Crippen LogP contribution in [0.25, 0.3) is 0 Å². The summed E-state index contributed by atoms with van der Waals surface area (Å²) in [5.41, 5.74) is 0. The van der Waals surface area contributed by atoms with E-state index in [1.165, 1.54) is 0 Å². The van der Waals surface area contributed by atoms with E-state index >= 15 is 0 Å². The Morgan fingerprint density at radius 3 is 2.67 bits per heavy atom. The lowest BCUT2D eigenvalue weighted by Gasteiger charge is -2.25. The van der Waals surface area contributed by atoms with Gasteiger partial charge >= 0.3 is 0 Å². The molecule has 0 aromatic heterocycles. The summed E-state index contributed by atoms with van der Waals surface area (Å²) in [5.74, 6) is 0. The van der Waals surface area contributed by atoms with E-state index < -0.39 is 0 Å². The van der Waals surface area contributed by atoms with Crippen LogP contribution in [0.3, 0.4) is 0 Å². The van der Waals surface area contributed by atoms with Crippen molar-refractivity contribution in [3.05, 3.63) is 29.3 Å². The van der Waals surface area contributed by atoms with E-state index in [4.69, 9.17) is 16.3 Å². The minimum atomic E-state index is 0.602. The van der Waals surface area contributed by atoms with Crippen LogP contribution in [0.15, 0.2) is 29.2 Å². The summed E-state index contributed by atoms with van der Waals surface area (Å²) in [6, 6.07) is 7.92. The number of benzene rings is 1. The fourth-order valence-electron chi connectivity index (χ4n) is 1.00. The van der Waals surface area contributed by atoms with Crippen molar-refractivity contribution in [2.24, 2.45) is 0 Å². The highest BCUT2D eigenvalue weighted by Gasteiger charge is 2.20. The first kappa shape index (κ1) is 8.42. The van der Waals surface area contributed by atoms with Crippen LogP contribution in [0.5, 0.6) is 0 Å². The first-order chi connectivity index (χ1) is 5.86. The van der Waals surface area contributed by atoms with E-state index in [0.29, 0.717) is 5.25 Å². The van der Waals surface area contributed by atoms with Crippen molar-refractivity contribution in [2.75, 3.05) is 13.2 Å². The lowest BCUT2D eigenvalue weighted by molar-refractivity contribution is 0.0455. The SMILES string of the molecule is Clc1ccccc1SC1COC1. The van der Waals surface area contributed by atoms with Crippen LogP contribution in [0.1, 0.15) is 0 Å². The summed E-state index contributed by atoms with van der Waals surface area (Å²) < 4.78 is 5.08. The minimum absolute atomic E-state index is 0.602. The molecule has 1 aromatic carbocycles. The van der Waals surface area contributed by atoms with Gasteiger partial charge in [0.15, 0.2) is 0 Å². The smallest absolute Gasteiger partial charge is 0.0611 e. The Hall–Kier alpha value is -0.180. The average Bonchev–Trinajstić information content (AvgIpc) is 2.00. The highest BCUT2D eigenvalue weighted by Crippen LogP contribution is 2.32. The molecule has 0 atom stereocenters. The third-order valence-corrected chi connectivity index (χ3v) is 3.39. The number of rotatable bonds is 2. The van der Waals surface area contributed by atoms with Gasteiger partial charge in [0.05, 0.1) is 23.5 Å². The molecule has 0 bridgehead atoms. The molecule has 1 aromatic rings. The van der Waals surface area contributed by atoms with Gasteiger partial charge in [-0.15, -0.1) is 11.8 Å². The molecule has 1 aliphatic heterocycles. The van der Waals surface area contributed by atoms with Crippen LogP contribution in [0, 0.1) is 0 Å². The average molecular weight is 201 g/mol. The van der Waals surface area contributed by atoms with Crippen molar-refractivity contribution >= 4 is 23.4 Å². The standard InChI is InChI=1S/C9H9ClOS/c10-8-3-1-2-4-9(8)12-7-5-11-6-7/h1-4,7H,5-6H2. The summed E-state index contributed by atoms with van der Waals surface area (Å²) in [5, 5.41) is 1.44. The molecule has 64 valence electrons. The van der Waals surface area contributed by atoms with Gasteiger partial charge in [0.25, 0.3) is 0 Å². The second-order valence-corrected chi connectivity index (χ2v) is 4.46. The van der Waals surface area contributed by atoms with Crippen molar-refractivity contribution in [3.8, 4) is 0 Å². The van der Waals surface area contributed by atoms with Crippen molar-refractivity contribution in [1.82, 2.24) is 0 Å². The number of hydrogen-bond donors (Lipinski definition) is 0. The fourth-order valence-corrected chi connectivity index (χ4v) is 2.30. The third-order valence-electron chi connectivity index (χ3n) is 1.74. The van der Waals surface area contributed by atoms with Gasteiger partial charge in [0, 0.05) is 4.90 Å². The molecule has 0 saturated carbocycles. The maximum absolute atomic E-state index is 5.99. The van der Waals surface area contributed by atoms with E-state index in [9.17, 15) is 0 Å². The Kier molecular flexibility index (Phi) is 2.59. The van der Waals surface area contributed by atoms with Crippen LogP contribution in [-0.2, 0) is 4.74 Å². The van der Waals surface area contributed by atoms with Crippen LogP contribution in [-0.4, -0.2) is 18.5 Å². The lowest BCUT2D eigenvalue weighted by atomic mass is 10.4. The normalized spacial score (nSPS) is 17.4. The van der Waals surface area contributed by atoms with E-state index in [0.717, 1.165) is 23.1 Å². The zero-order valence-corrected chi connectivity index (χ0v) is 8.07. The largest absolute Gasteiger partial charge is 0.379 e. The lowest BCUT2D eigenvalue weighted by Crippen LogP contribution is -2.30. The van der Waals surface area contributed by atoms with Gasteiger partial charge in [-0.3, -0.25) is 0 Å². The van der Waals surface area contributed by atoms with Crippen LogP contribution >= 0.6 is 23.4 Å². The topological polar surface area (TPSA) is 9.23 Å². The molecule has 0 spiro atoms. The molecule has 3 heteroatoms. The predicted molar refractivity (Wildman–Crippen MR) is 51.9 cm³/mol. The number of hydrogen-bond acceptors (Lipinski definition) is 2. The molecule has 2 rings (SSSR count). The molecule has 1 saturated heterocycles. The second-order valence-electron chi connectivity index (χ2n) is 2.71. The molecule has 1 fully saturated rings. The molecule has 1 nitrogen and oxygen atoms in total. The summed E-state index contributed by atoms with van der Waals surface area (Å²) in [4.78, 5) is 1.16. The van der Waals surface area contributed by atoms with Gasteiger partial charge < -0.3 is 4.74 Å². The maximum atomic E-state index is 5.99. The minimum Gasteiger partial charge on any atom is -0.379 e. The Balaban J connectivity index is 2.06. The zero-order chi connectivity index (χ0) is 8.39. The molecule has 1 heterocycles. The fraction of sp³-hybridized carbons (Fsp3) is 0.333. The molecule has 0 aliphatic carbocycles.